The molecule has 5 heteroatoms. The molecule has 0 N–H and O–H groups in total. The van der Waals surface area contributed by atoms with E-state index in [4.69, 9.17) is 11.6 Å². The van der Waals surface area contributed by atoms with Crippen LogP contribution >= 0.6 is 54.8 Å². The largest absolute Gasteiger partial charge is 0.207 e. The number of hydrogen-bond acceptors (Lipinski definition) is 1. The van der Waals surface area contributed by atoms with Crippen LogP contribution in [-0.4, -0.2) is 0 Å². The van der Waals surface area contributed by atoms with Gasteiger partial charge in [0.15, 0.2) is 0 Å². The number of rotatable bonds is 2. The molecule has 0 spiro atoms. The van der Waals surface area contributed by atoms with Crippen LogP contribution in [0.2, 0.25) is 5.02 Å². The fourth-order valence-electron chi connectivity index (χ4n) is 1.56. The standard InChI is InChI=1S/C12H8Br2ClFS/c1-6-2-7(4-8(16)3-6)11(13)10-5-9(15)12(14)17-10/h2-5,11H,1H3. The van der Waals surface area contributed by atoms with Crippen LogP contribution in [-0.2, 0) is 0 Å². The molecular formula is C12H8Br2ClFS. The van der Waals surface area contributed by atoms with Crippen LogP contribution in [0.5, 0.6) is 0 Å². The van der Waals surface area contributed by atoms with Crippen LogP contribution in [0.3, 0.4) is 0 Å². The smallest absolute Gasteiger partial charge is 0.123 e. The van der Waals surface area contributed by atoms with Crippen molar-refractivity contribution in [3.63, 3.8) is 0 Å². The minimum Gasteiger partial charge on any atom is -0.207 e. The molecule has 0 aliphatic heterocycles. The fraction of sp³-hybridized carbons (Fsp3) is 0.167. The Bertz CT molecular complexity index is 514. The molecule has 0 fully saturated rings. The second-order valence-corrected chi connectivity index (χ2v) is 7.42. The van der Waals surface area contributed by atoms with Gasteiger partial charge in [-0.3, -0.25) is 0 Å². The van der Waals surface area contributed by atoms with Gasteiger partial charge in [-0.05, 0) is 52.2 Å². The topological polar surface area (TPSA) is 0 Å². The predicted molar refractivity (Wildman–Crippen MR) is 78.9 cm³/mol. The third kappa shape index (κ3) is 3.11. The van der Waals surface area contributed by atoms with Gasteiger partial charge in [0.1, 0.15) is 5.82 Å². The van der Waals surface area contributed by atoms with E-state index in [9.17, 15) is 4.39 Å². The van der Waals surface area contributed by atoms with Gasteiger partial charge in [-0.25, -0.2) is 4.39 Å². The number of benzene rings is 1. The van der Waals surface area contributed by atoms with E-state index < -0.39 is 0 Å². The molecule has 17 heavy (non-hydrogen) atoms. The summed E-state index contributed by atoms with van der Waals surface area (Å²) in [7, 11) is 0. The lowest BCUT2D eigenvalue weighted by molar-refractivity contribution is 0.624. The number of hydrogen-bond donors (Lipinski definition) is 0. The Morgan fingerprint density at radius 1 is 1.29 bits per heavy atom. The first-order chi connectivity index (χ1) is 7.97. The summed E-state index contributed by atoms with van der Waals surface area (Å²) in [6, 6.07) is 6.90. The van der Waals surface area contributed by atoms with Gasteiger partial charge in [0, 0.05) is 4.88 Å². The summed E-state index contributed by atoms with van der Waals surface area (Å²) in [6.45, 7) is 1.88. The maximum Gasteiger partial charge on any atom is 0.123 e. The average molecular weight is 399 g/mol. The Morgan fingerprint density at radius 2 is 2.00 bits per heavy atom. The minimum atomic E-state index is -0.217. The molecule has 0 aliphatic carbocycles. The summed E-state index contributed by atoms with van der Waals surface area (Å²) in [6.07, 6.45) is 0. The van der Waals surface area contributed by atoms with Gasteiger partial charge in [0.25, 0.3) is 0 Å². The first-order valence-electron chi connectivity index (χ1n) is 4.83. The van der Waals surface area contributed by atoms with Crippen molar-refractivity contribution in [3.05, 3.63) is 54.9 Å². The van der Waals surface area contributed by atoms with Crippen LogP contribution in [0.15, 0.2) is 28.1 Å². The van der Waals surface area contributed by atoms with Gasteiger partial charge >= 0.3 is 0 Å². The van der Waals surface area contributed by atoms with Gasteiger partial charge in [0.2, 0.25) is 0 Å². The Balaban J connectivity index is 2.39. The zero-order chi connectivity index (χ0) is 12.6. The van der Waals surface area contributed by atoms with Gasteiger partial charge in [-0.1, -0.05) is 33.6 Å². The third-order valence-electron chi connectivity index (χ3n) is 2.27. The third-order valence-corrected chi connectivity index (χ3v) is 6.14. The second kappa shape index (κ2) is 5.39. The van der Waals surface area contributed by atoms with E-state index in [1.165, 1.54) is 12.1 Å². The lowest BCUT2D eigenvalue weighted by atomic mass is 10.1. The van der Waals surface area contributed by atoms with E-state index in [1.807, 2.05) is 19.1 Å². The molecule has 2 aromatic rings. The number of thiophene rings is 1. The van der Waals surface area contributed by atoms with Crippen LogP contribution < -0.4 is 0 Å². The van der Waals surface area contributed by atoms with Crippen molar-refractivity contribution in [2.45, 2.75) is 11.8 Å². The van der Waals surface area contributed by atoms with E-state index in [0.29, 0.717) is 5.02 Å². The first kappa shape index (κ1) is 13.5. The summed E-state index contributed by atoms with van der Waals surface area (Å²) < 4.78 is 14.2. The molecule has 0 nitrogen and oxygen atoms in total. The number of halogens is 4. The molecule has 0 bridgehead atoms. The van der Waals surface area contributed by atoms with Crippen molar-refractivity contribution >= 4 is 54.8 Å². The molecule has 0 aliphatic rings. The molecule has 1 aromatic carbocycles. The predicted octanol–water partition coefficient (Wildman–Crippen LogP) is 6.10. The van der Waals surface area contributed by atoms with Crippen LogP contribution in [0.25, 0.3) is 0 Å². The van der Waals surface area contributed by atoms with Crippen LogP contribution in [0.4, 0.5) is 4.39 Å². The molecule has 0 saturated heterocycles. The summed E-state index contributed by atoms with van der Waals surface area (Å²) in [5.74, 6) is -0.217. The highest BCUT2D eigenvalue weighted by atomic mass is 79.9. The zero-order valence-corrected chi connectivity index (χ0v) is 13.6. The van der Waals surface area contributed by atoms with Crippen LogP contribution in [0.1, 0.15) is 20.8 Å². The molecule has 0 saturated carbocycles. The Morgan fingerprint density at radius 3 is 2.53 bits per heavy atom. The summed E-state index contributed by atoms with van der Waals surface area (Å²) in [5.41, 5.74) is 1.80. The Labute approximate surface area is 125 Å². The van der Waals surface area contributed by atoms with E-state index in [2.05, 4.69) is 31.9 Å². The first-order valence-corrected chi connectivity index (χ1v) is 7.73. The lowest BCUT2D eigenvalue weighted by Crippen LogP contribution is -1.92. The molecule has 1 unspecified atom stereocenters. The maximum atomic E-state index is 13.3. The molecule has 90 valence electrons. The number of alkyl halides is 1. The van der Waals surface area contributed by atoms with Crippen molar-refractivity contribution in [3.8, 4) is 0 Å². The average Bonchev–Trinajstić information content (AvgIpc) is 2.57. The normalized spacial score (nSPS) is 12.8. The van der Waals surface area contributed by atoms with Crippen molar-refractivity contribution in [1.82, 2.24) is 0 Å². The molecule has 1 heterocycles. The van der Waals surface area contributed by atoms with Crippen molar-refractivity contribution in [1.29, 1.82) is 0 Å². The quantitative estimate of drug-likeness (QED) is 0.537. The molecule has 1 atom stereocenters. The van der Waals surface area contributed by atoms with Crippen molar-refractivity contribution < 1.29 is 4.39 Å². The molecule has 0 amide bonds. The summed E-state index contributed by atoms with van der Waals surface area (Å²) >= 11 is 14.5. The van der Waals surface area contributed by atoms with E-state index >= 15 is 0 Å². The summed E-state index contributed by atoms with van der Waals surface area (Å²) in [5, 5.41) is 0.683. The monoisotopic (exact) mass is 396 g/mol. The van der Waals surface area contributed by atoms with Gasteiger partial charge in [0.05, 0.1) is 13.6 Å². The van der Waals surface area contributed by atoms with Gasteiger partial charge in [-0.15, -0.1) is 11.3 Å². The summed E-state index contributed by atoms with van der Waals surface area (Å²) in [4.78, 5) is 1.01. The Hall–Kier alpha value is 0.1000. The molecular weight excluding hydrogens is 390 g/mol. The molecule has 1 aromatic heterocycles. The molecule has 2 rings (SSSR count). The Kier molecular flexibility index (Phi) is 4.29. The highest BCUT2D eigenvalue weighted by Gasteiger charge is 2.16. The van der Waals surface area contributed by atoms with Gasteiger partial charge in [-0.2, -0.15) is 0 Å². The fourth-order valence-corrected chi connectivity index (χ4v) is 3.99. The van der Waals surface area contributed by atoms with Crippen LogP contribution in [0, 0.1) is 12.7 Å². The highest BCUT2D eigenvalue weighted by molar-refractivity contribution is 9.11. The SMILES string of the molecule is Cc1cc(F)cc(C(Br)c2cc(Cl)c(Br)s2)c1. The minimum absolute atomic E-state index is 0.0364. The van der Waals surface area contributed by atoms with Gasteiger partial charge < -0.3 is 0 Å². The maximum absolute atomic E-state index is 13.3. The van der Waals surface area contributed by atoms with Crippen molar-refractivity contribution in [2.75, 3.05) is 0 Å². The van der Waals surface area contributed by atoms with E-state index in [1.54, 1.807) is 11.3 Å². The van der Waals surface area contributed by atoms with E-state index in [-0.39, 0.29) is 10.6 Å². The zero-order valence-electron chi connectivity index (χ0n) is 8.81. The highest BCUT2D eigenvalue weighted by Crippen LogP contribution is 2.41. The van der Waals surface area contributed by atoms with E-state index in [0.717, 1.165) is 19.8 Å². The van der Waals surface area contributed by atoms with Crippen molar-refractivity contribution in [2.24, 2.45) is 0 Å². The number of aryl methyl sites for hydroxylation is 1. The lowest BCUT2D eigenvalue weighted by Gasteiger charge is -2.09. The molecule has 0 radical (unpaired) electrons. The second-order valence-electron chi connectivity index (χ2n) is 3.69.